The third kappa shape index (κ3) is 5.88. The minimum Gasteiger partial charge on any atom is -0.495 e. The van der Waals surface area contributed by atoms with Crippen LogP contribution in [-0.4, -0.2) is 68.2 Å². The summed E-state index contributed by atoms with van der Waals surface area (Å²) in [5, 5.41) is 3.61. The minimum atomic E-state index is -0.228. The molecule has 7 heteroatoms. The number of aryl methyl sites for hydroxylation is 1. The molecule has 0 bridgehead atoms. The fourth-order valence-electron chi connectivity index (χ4n) is 3.52. The van der Waals surface area contributed by atoms with Crippen molar-refractivity contribution in [2.24, 2.45) is 0 Å². The number of hydrogen-bond acceptors (Lipinski definition) is 5. The summed E-state index contributed by atoms with van der Waals surface area (Å²) < 4.78 is 11.1. The van der Waals surface area contributed by atoms with Crippen molar-refractivity contribution in [2.45, 2.75) is 19.9 Å². The molecular formula is C23H30ClN3O3. The Kier molecular flexibility index (Phi) is 7.96. The number of carbonyl (C=O) groups is 1. The standard InChI is InChI=1S/C23H30ClN3O3/c1-17-15-21(22(29-3)16-20(17)24)25-23(28)18(2)27-11-9-26(10-12-27)13-14-30-19-7-5-4-6-8-19/h4-8,15-16,18H,9-14H2,1-3H3,(H,25,28)/t18-/m1/s1. The smallest absolute Gasteiger partial charge is 0.241 e. The number of nitrogens with one attached hydrogen (secondary N) is 1. The van der Waals surface area contributed by atoms with E-state index in [2.05, 4.69) is 15.1 Å². The molecule has 1 amide bonds. The molecule has 1 fully saturated rings. The van der Waals surface area contributed by atoms with E-state index in [1.54, 1.807) is 13.2 Å². The second-order valence-corrected chi connectivity index (χ2v) is 7.91. The third-order valence-corrected chi connectivity index (χ3v) is 5.90. The molecule has 3 rings (SSSR count). The number of amides is 1. The lowest BCUT2D eigenvalue weighted by atomic mass is 10.1. The first-order chi connectivity index (χ1) is 14.5. The summed E-state index contributed by atoms with van der Waals surface area (Å²) in [6.07, 6.45) is 0. The molecule has 6 nitrogen and oxygen atoms in total. The van der Waals surface area contributed by atoms with Crippen molar-refractivity contribution in [2.75, 3.05) is 51.8 Å². The molecule has 2 aromatic rings. The predicted octanol–water partition coefficient (Wildman–Crippen LogP) is 3.68. The Morgan fingerprint density at radius 1 is 1.17 bits per heavy atom. The lowest BCUT2D eigenvalue weighted by Crippen LogP contribution is -2.53. The number of methoxy groups -OCH3 is 1. The lowest BCUT2D eigenvalue weighted by molar-refractivity contribution is -0.121. The van der Waals surface area contributed by atoms with Gasteiger partial charge >= 0.3 is 0 Å². The summed E-state index contributed by atoms with van der Waals surface area (Å²) >= 11 is 6.16. The largest absolute Gasteiger partial charge is 0.495 e. The van der Waals surface area contributed by atoms with E-state index in [1.807, 2.05) is 50.2 Å². The van der Waals surface area contributed by atoms with E-state index in [0.717, 1.165) is 44.0 Å². The first-order valence-corrected chi connectivity index (χ1v) is 10.6. The average Bonchev–Trinajstić information content (AvgIpc) is 2.76. The fraction of sp³-hybridized carbons (Fsp3) is 0.435. The average molecular weight is 432 g/mol. The summed E-state index contributed by atoms with van der Waals surface area (Å²) in [6.45, 7) is 8.91. The molecule has 30 heavy (non-hydrogen) atoms. The quantitative estimate of drug-likeness (QED) is 0.691. The Morgan fingerprint density at radius 3 is 2.53 bits per heavy atom. The Morgan fingerprint density at radius 2 is 1.87 bits per heavy atom. The predicted molar refractivity (Wildman–Crippen MR) is 121 cm³/mol. The van der Waals surface area contributed by atoms with Crippen LogP contribution in [0, 0.1) is 6.92 Å². The van der Waals surface area contributed by atoms with Gasteiger partial charge in [-0.3, -0.25) is 14.6 Å². The van der Waals surface area contributed by atoms with Gasteiger partial charge in [-0.1, -0.05) is 29.8 Å². The van der Waals surface area contributed by atoms with Crippen molar-refractivity contribution < 1.29 is 14.3 Å². The lowest BCUT2D eigenvalue weighted by Gasteiger charge is -2.37. The van der Waals surface area contributed by atoms with Crippen LogP contribution in [-0.2, 0) is 4.79 Å². The van der Waals surface area contributed by atoms with E-state index in [9.17, 15) is 4.79 Å². The highest BCUT2D eigenvalue weighted by atomic mass is 35.5. The van der Waals surface area contributed by atoms with E-state index in [4.69, 9.17) is 21.1 Å². The van der Waals surface area contributed by atoms with E-state index < -0.39 is 0 Å². The summed E-state index contributed by atoms with van der Waals surface area (Å²) in [7, 11) is 1.57. The maximum atomic E-state index is 12.8. The Hall–Kier alpha value is -2.28. The second kappa shape index (κ2) is 10.7. The highest BCUT2D eigenvalue weighted by molar-refractivity contribution is 6.31. The van der Waals surface area contributed by atoms with Crippen molar-refractivity contribution in [3.63, 3.8) is 0 Å². The van der Waals surface area contributed by atoms with Crippen LogP contribution in [0.5, 0.6) is 11.5 Å². The number of benzene rings is 2. The molecule has 1 aliphatic rings. The number of nitrogens with zero attached hydrogens (tertiary/aromatic N) is 2. The van der Waals surface area contributed by atoms with Crippen LogP contribution >= 0.6 is 11.6 Å². The van der Waals surface area contributed by atoms with Gasteiger partial charge in [0.2, 0.25) is 5.91 Å². The van der Waals surface area contributed by atoms with Crippen molar-refractivity contribution in [1.29, 1.82) is 0 Å². The SMILES string of the molecule is COc1cc(Cl)c(C)cc1NC(=O)[C@@H](C)N1CCN(CCOc2ccccc2)CC1. The van der Waals surface area contributed by atoms with Crippen LogP contribution in [0.15, 0.2) is 42.5 Å². The van der Waals surface area contributed by atoms with Gasteiger partial charge < -0.3 is 14.8 Å². The number of para-hydroxylation sites is 1. The third-order valence-electron chi connectivity index (χ3n) is 5.49. The minimum absolute atomic E-state index is 0.0455. The molecule has 0 unspecified atom stereocenters. The van der Waals surface area contributed by atoms with Gasteiger partial charge in [0, 0.05) is 43.8 Å². The Labute approximate surface area is 183 Å². The molecule has 0 aromatic heterocycles. The van der Waals surface area contributed by atoms with Crippen molar-refractivity contribution in [3.05, 3.63) is 53.1 Å². The normalized spacial score (nSPS) is 16.1. The molecule has 1 atom stereocenters. The van der Waals surface area contributed by atoms with E-state index in [1.165, 1.54) is 0 Å². The number of anilines is 1. The molecule has 2 aromatic carbocycles. The molecule has 1 aliphatic heterocycles. The molecule has 0 radical (unpaired) electrons. The zero-order valence-electron chi connectivity index (χ0n) is 17.9. The summed E-state index contributed by atoms with van der Waals surface area (Å²) in [4.78, 5) is 17.4. The van der Waals surface area contributed by atoms with Crippen LogP contribution in [0.3, 0.4) is 0 Å². The van der Waals surface area contributed by atoms with Crippen LogP contribution in [0.2, 0.25) is 5.02 Å². The first kappa shape index (κ1) is 22.4. The van der Waals surface area contributed by atoms with E-state index in [-0.39, 0.29) is 11.9 Å². The summed E-state index contributed by atoms with van der Waals surface area (Å²) in [5.74, 6) is 1.42. The van der Waals surface area contributed by atoms with Gasteiger partial charge in [0.1, 0.15) is 18.1 Å². The molecule has 0 aliphatic carbocycles. The Bertz CT molecular complexity index is 839. The van der Waals surface area contributed by atoms with Gasteiger partial charge in [0.15, 0.2) is 0 Å². The number of piperazine rings is 1. The van der Waals surface area contributed by atoms with Gasteiger partial charge in [0.05, 0.1) is 18.8 Å². The molecule has 1 heterocycles. The van der Waals surface area contributed by atoms with Crippen molar-refractivity contribution in [3.8, 4) is 11.5 Å². The highest BCUT2D eigenvalue weighted by Gasteiger charge is 2.26. The molecule has 1 saturated heterocycles. The Balaban J connectivity index is 1.46. The van der Waals surface area contributed by atoms with Gasteiger partial charge in [-0.05, 0) is 37.6 Å². The van der Waals surface area contributed by atoms with Gasteiger partial charge in [-0.15, -0.1) is 0 Å². The van der Waals surface area contributed by atoms with Gasteiger partial charge in [0.25, 0.3) is 0 Å². The highest BCUT2D eigenvalue weighted by Crippen LogP contribution is 2.31. The molecule has 162 valence electrons. The van der Waals surface area contributed by atoms with Crippen LogP contribution in [0.1, 0.15) is 12.5 Å². The van der Waals surface area contributed by atoms with Gasteiger partial charge in [-0.25, -0.2) is 0 Å². The van der Waals surface area contributed by atoms with Crippen molar-refractivity contribution >= 4 is 23.2 Å². The maximum Gasteiger partial charge on any atom is 0.241 e. The number of carbonyl (C=O) groups excluding carboxylic acids is 1. The first-order valence-electron chi connectivity index (χ1n) is 10.3. The summed E-state index contributed by atoms with van der Waals surface area (Å²) in [6, 6.07) is 13.2. The molecule has 0 saturated carbocycles. The monoisotopic (exact) mass is 431 g/mol. The number of hydrogen-bond donors (Lipinski definition) is 1. The number of rotatable bonds is 8. The topological polar surface area (TPSA) is 54.0 Å². The molecule has 0 spiro atoms. The van der Waals surface area contributed by atoms with Gasteiger partial charge in [-0.2, -0.15) is 0 Å². The van der Waals surface area contributed by atoms with Crippen molar-refractivity contribution in [1.82, 2.24) is 9.80 Å². The summed E-state index contributed by atoms with van der Waals surface area (Å²) in [5.41, 5.74) is 1.54. The number of ether oxygens (including phenoxy) is 2. The number of halogens is 1. The second-order valence-electron chi connectivity index (χ2n) is 7.51. The molecular weight excluding hydrogens is 402 g/mol. The van der Waals surface area contributed by atoms with Crippen LogP contribution < -0.4 is 14.8 Å². The zero-order valence-corrected chi connectivity index (χ0v) is 18.6. The maximum absolute atomic E-state index is 12.8. The van der Waals surface area contributed by atoms with E-state index >= 15 is 0 Å². The van der Waals surface area contributed by atoms with Crippen LogP contribution in [0.4, 0.5) is 5.69 Å². The fourth-order valence-corrected chi connectivity index (χ4v) is 3.67. The molecule has 1 N–H and O–H groups in total. The zero-order chi connectivity index (χ0) is 21.5. The van der Waals surface area contributed by atoms with Crippen LogP contribution in [0.25, 0.3) is 0 Å². The van der Waals surface area contributed by atoms with E-state index in [0.29, 0.717) is 23.1 Å².